The van der Waals surface area contributed by atoms with E-state index < -0.39 is 0 Å². The largest absolute Gasteiger partial charge is 0.497 e. The molecule has 0 atom stereocenters. The first kappa shape index (κ1) is 23.7. The van der Waals surface area contributed by atoms with Crippen molar-refractivity contribution in [3.05, 3.63) is 48.0 Å². The minimum Gasteiger partial charge on any atom is -0.497 e. The van der Waals surface area contributed by atoms with Crippen molar-refractivity contribution in [2.45, 2.75) is 13.0 Å². The third-order valence-electron chi connectivity index (χ3n) is 3.82. The van der Waals surface area contributed by atoms with E-state index in [1.165, 1.54) is 0 Å². The van der Waals surface area contributed by atoms with Gasteiger partial charge in [-0.3, -0.25) is 0 Å². The molecule has 0 heterocycles. The molecule has 0 aliphatic rings. The summed E-state index contributed by atoms with van der Waals surface area (Å²) < 4.78 is 21.4. The van der Waals surface area contributed by atoms with Crippen molar-refractivity contribution in [3.63, 3.8) is 0 Å². The zero-order valence-electron chi connectivity index (χ0n) is 16.4. The van der Waals surface area contributed by atoms with Crippen molar-refractivity contribution in [3.8, 4) is 23.0 Å². The van der Waals surface area contributed by atoms with Gasteiger partial charge in [-0.05, 0) is 36.2 Å². The van der Waals surface area contributed by atoms with Gasteiger partial charge < -0.3 is 30.0 Å². The summed E-state index contributed by atoms with van der Waals surface area (Å²) in [6.45, 7) is 1.70. The van der Waals surface area contributed by atoms with Crippen LogP contribution in [0.5, 0.6) is 23.0 Å². The highest BCUT2D eigenvalue weighted by atomic mass is 127. The summed E-state index contributed by atoms with van der Waals surface area (Å²) in [5, 5.41) is 3.08. The number of halogens is 1. The smallest absolute Gasteiger partial charge is 0.188 e. The summed E-state index contributed by atoms with van der Waals surface area (Å²) in [7, 11) is 4.84. The maximum atomic E-state index is 5.90. The number of rotatable bonds is 10. The van der Waals surface area contributed by atoms with Gasteiger partial charge in [-0.15, -0.1) is 24.0 Å². The van der Waals surface area contributed by atoms with E-state index in [2.05, 4.69) is 10.3 Å². The predicted molar refractivity (Wildman–Crippen MR) is 121 cm³/mol. The summed E-state index contributed by atoms with van der Waals surface area (Å²) in [5.41, 5.74) is 6.89. The van der Waals surface area contributed by atoms with E-state index in [1.54, 1.807) is 21.3 Å². The van der Waals surface area contributed by atoms with Crippen LogP contribution in [0.4, 0.5) is 0 Å². The monoisotopic (exact) mass is 501 g/mol. The third kappa shape index (κ3) is 7.71. The lowest BCUT2D eigenvalue weighted by Crippen LogP contribution is -2.33. The standard InChI is InChI=1S/C20H27N3O4.HI/c1-24-16-6-4-7-17(13-16)27-11-5-10-22-20(21)23-14-15-8-9-18(25-2)19(12-15)26-3;/h4,6-9,12-13H,5,10-11,14H2,1-3H3,(H3,21,22,23);1H. The number of benzene rings is 2. The van der Waals surface area contributed by atoms with Gasteiger partial charge in [0.25, 0.3) is 0 Å². The van der Waals surface area contributed by atoms with E-state index in [-0.39, 0.29) is 24.0 Å². The molecular weight excluding hydrogens is 473 g/mol. The number of nitrogens with zero attached hydrogens (tertiary/aromatic N) is 1. The third-order valence-corrected chi connectivity index (χ3v) is 3.82. The number of nitrogens with two attached hydrogens (primary N) is 1. The van der Waals surface area contributed by atoms with E-state index >= 15 is 0 Å². The average Bonchev–Trinajstić information content (AvgIpc) is 2.71. The fourth-order valence-corrected chi connectivity index (χ4v) is 2.38. The Labute approximate surface area is 183 Å². The molecule has 0 aliphatic heterocycles. The van der Waals surface area contributed by atoms with Gasteiger partial charge in [0.2, 0.25) is 0 Å². The molecule has 2 rings (SSSR count). The number of nitrogens with one attached hydrogen (secondary N) is 1. The minimum absolute atomic E-state index is 0. The molecule has 0 saturated heterocycles. The summed E-state index contributed by atoms with van der Waals surface area (Å²) in [5.74, 6) is 3.31. The second-order valence-corrected chi connectivity index (χ2v) is 5.70. The maximum absolute atomic E-state index is 5.90. The zero-order valence-corrected chi connectivity index (χ0v) is 18.8. The molecule has 0 spiro atoms. The highest BCUT2D eigenvalue weighted by Crippen LogP contribution is 2.27. The van der Waals surface area contributed by atoms with Crippen LogP contribution >= 0.6 is 24.0 Å². The molecule has 2 aromatic carbocycles. The van der Waals surface area contributed by atoms with Crippen molar-refractivity contribution in [2.75, 3.05) is 34.5 Å². The van der Waals surface area contributed by atoms with Crippen LogP contribution in [0.15, 0.2) is 47.5 Å². The Morgan fingerprint density at radius 3 is 2.43 bits per heavy atom. The van der Waals surface area contributed by atoms with Gasteiger partial charge in [-0.25, -0.2) is 4.99 Å². The van der Waals surface area contributed by atoms with E-state index in [9.17, 15) is 0 Å². The van der Waals surface area contributed by atoms with Crippen LogP contribution < -0.4 is 30.0 Å². The molecular formula is C20H28IN3O4. The molecule has 0 amide bonds. The van der Waals surface area contributed by atoms with Crippen LogP contribution in [-0.4, -0.2) is 40.4 Å². The Bertz CT molecular complexity index is 756. The first-order valence-electron chi connectivity index (χ1n) is 8.67. The first-order valence-corrected chi connectivity index (χ1v) is 8.67. The van der Waals surface area contributed by atoms with E-state index in [4.69, 9.17) is 24.7 Å². The van der Waals surface area contributed by atoms with Crippen LogP contribution in [0.2, 0.25) is 0 Å². The molecule has 0 unspecified atom stereocenters. The number of aliphatic imine (C=N–C) groups is 1. The first-order chi connectivity index (χ1) is 13.2. The van der Waals surface area contributed by atoms with Crippen molar-refractivity contribution < 1.29 is 18.9 Å². The summed E-state index contributed by atoms with van der Waals surface area (Å²) in [4.78, 5) is 4.33. The van der Waals surface area contributed by atoms with Crippen molar-refractivity contribution in [2.24, 2.45) is 10.7 Å². The number of hydrogen-bond acceptors (Lipinski definition) is 5. The van der Waals surface area contributed by atoms with E-state index in [0.717, 1.165) is 23.5 Å². The van der Waals surface area contributed by atoms with Crippen LogP contribution in [0.25, 0.3) is 0 Å². The number of hydrogen-bond donors (Lipinski definition) is 2. The molecule has 0 aromatic heterocycles. The van der Waals surface area contributed by atoms with E-state index in [1.807, 2.05) is 42.5 Å². The van der Waals surface area contributed by atoms with Gasteiger partial charge in [0.1, 0.15) is 11.5 Å². The molecule has 8 heteroatoms. The minimum atomic E-state index is 0. The lowest BCUT2D eigenvalue weighted by atomic mass is 10.2. The van der Waals surface area contributed by atoms with E-state index in [0.29, 0.717) is 37.2 Å². The Balaban J connectivity index is 0.00000392. The topological polar surface area (TPSA) is 87.3 Å². The quantitative estimate of drug-likeness (QED) is 0.225. The lowest BCUT2D eigenvalue weighted by molar-refractivity contribution is 0.308. The Kier molecular flexibility index (Phi) is 10.9. The van der Waals surface area contributed by atoms with Crippen molar-refractivity contribution in [1.82, 2.24) is 5.32 Å². The summed E-state index contributed by atoms with van der Waals surface area (Å²) in [6, 6.07) is 13.2. The Morgan fingerprint density at radius 1 is 0.964 bits per heavy atom. The zero-order chi connectivity index (χ0) is 19.5. The maximum Gasteiger partial charge on any atom is 0.188 e. The fourth-order valence-electron chi connectivity index (χ4n) is 2.38. The normalized spacial score (nSPS) is 10.6. The van der Waals surface area contributed by atoms with Gasteiger partial charge in [0, 0.05) is 12.6 Å². The number of ether oxygens (including phenoxy) is 4. The number of methoxy groups -OCH3 is 3. The molecule has 0 radical (unpaired) electrons. The summed E-state index contributed by atoms with van der Waals surface area (Å²) >= 11 is 0. The highest BCUT2D eigenvalue weighted by molar-refractivity contribution is 14.0. The van der Waals surface area contributed by atoms with Gasteiger partial charge in [0.05, 0.1) is 34.5 Å². The average molecular weight is 501 g/mol. The predicted octanol–water partition coefficient (Wildman–Crippen LogP) is 3.20. The number of guanidine groups is 1. The second kappa shape index (κ2) is 12.9. The lowest BCUT2D eigenvalue weighted by Gasteiger charge is -2.10. The summed E-state index contributed by atoms with van der Waals surface area (Å²) in [6.07, 6.45) is 0.795. The molecule has 2 aromatic rings. The molecule has 28 heavy (non-hydrogen) atoms. The second-order valence-electron chi connectivity index (χ2n) is 5.70. The Hall–Kier alpha value is -2.36. The molecule has 0 bridgehead atoms. The van der Waals surface area contributed by atoms with Crippen molar-refractivity contribution >= 4 is 29.9 Å². The molecule has 0 fully saturated rings. The van der Waals surface area contributed by atoms with Crippen LogP contribution in [0.3, 0.4) is 0 Å². The van der Waals surface area contributed by atoms with Crippen molar-refractivity contribution in [1.29, 1.82) is 0 Å². The van der Waals surface area contributed by atoms with Gasteiger partial charge in [-0.1, -0.05) is 12.1 Å². The molecule has 7 nitrogen and oxygen atoms in total. The molecule has 154 valence electrons. The van der Waals surface area contributed by atoms with Crippen LogP contribution in [0.1, 0.15) is 12.0 Å². The Morgan fingerprint density at radius 2 is 1.71 bits per heavy atom. The molecule has 0 saturated carbocycles. The van der Waals surface area contributed by atoms with Gasteiger partial charge >= 0.3 is 0 Å². The SMILES string of the molecule is COc1cccc(OCCCNC(N)=NCc2ccc(OC)c(OC)c2)c1.I. The molecule has 3 N–H and O–H groups in total. The van der Waals surface area contributed by atoms with Gasteiger partial charge in [0.15, 0.2) is 17.5 Å². The highest BCUT2D eigenvalue weighted by Gasteiger charge is 2.04. The van der Waals surface area contributed by atoms with Crippen LogP contribution in [0, 0.1) is 0 Å². The van der Waals surface area contributed by atoms with Crippen LogP contribution in [-0.2, 0) is 6.54 Å². The molecule has 0 aliphatic carbocycles. The fraction of sp³-hybridized carbons (Fsp3) is 0.350. The van der Waals surface area contributed by atoms with Gasteiger partial charge in [-0.2, -0.15) is 0 Å².